The monoisotopic (exact) mass is 401 g/mol. The first-order valence-electron chi connectivity index (χ1n) is 9.45. The maximum atomic E-state index is 12.3. The number of nitrogens with one attached hydrogen (secondary N) is 1. The van der Waals surface area contributed by atoms with Crippen LogP contribution in [-0.4, -0.2) is 31.0 Å². The van der Waals surface area contributed by atoms with Gasteiger partial charge < -0.3 is 14.8 Å². The molecule has 1 heterocycles. The van der Waals surface area contributed by atoms with Crippen molar-refractivity contribution in [2.45, 2.75) is 38.7 Å². The Hall–Kier alpha value is -2.37. The van der Waals surface area contributed by atoms with Gasteiger partial charge in [0.25, 0.3) is 0 Å². The highest BCUT2D eigenvalue weighted by Gasteiger charge is 2.17. The van der Waals surface area contributed by atoms with Crippen LogP contribution in [0.5, 0.6) is 5.75 Å². The molecular formula is C22H24ClNO4. The lowest BCUT2D eigenvalue weighted by Crippen LogP contribution is -2.18. The normalized spacial score (nSPS) is 16.0. The summed E-state index contributed by atoms with van der Waals surface area (Å²) in [4.78, 5) is 24.5. The van der Waals surface area contributed by atoms with Crippen LogP contribution >= 0.6 is 11.6 Å². The van der Waals surface area contributed by atoms with Crippen molar-refractivity contribution >= 4 is 29.0 Å². The van der Waals surface area contributed by atoms with Crippen molar-refractivity contribution in [2.24, 2.45) is 0 Å². The summed E-state index contributed by atoms with van der Waals surface area (Å²) in [7, 11) is 0. The Morgan fingerprint density at radius 1 is 1.18 bits per heavy atom. The zero-order chi connectivity index (χ0) is 19.9. The number of hydrogen-bond donors (Lipinski definition) is 1. The molecule has 1 aliphatic rings. The number of benzene rings is 2. The van der Waals surface area contributed by atoms with E-state index in [0.717, 1.165) is 25.0 Å². The van der Waals surface area contributed by atoms with E-state index >= 15 is 0 Å². The van der Waals surface area contributed by atoms with E-state index in [0.29, 0.717) is 28.6 Å². The van der Waals surface area contributed by atoms with Gasteiger partial charge in [0, 0.05) is 30.0 Å². The molecular weight excluding hydrogens is 378 g/mol. The van der Waals surface area contributed by atoms with E-state index in [9.17, 15) is 9.59 Å². The van der Waals surface area contributed by atoms with E-state index in [1.54, 1.807) is 24.3 Å². The third kappa shape index (κ3) is 5.81. The number of halogens is 1. The van der Waals surface area contributed by atoms with Gasteiger partial charge in [0.15, 0.2) is 5.78 Å². The highest BCUT2D eigenvalue weighted by atomic mass is 35.5. The summed E-state index contributed by atoms with van der Waals surface area (Å²) in [5.74, 6) is 0.298. The molecule has 1 aliphatic heterocycles. The molecule has 0 spiro atoms. The molecule has 28 heavy (non-hydrogen) atoms. The molecule has 0 aromatic heterocycles. The van der Waals surface area contributed by atoms with Crippen LogP contribution in [0.15, 0.2) is 42.5 Å². The summed E-state index contributed by atoms with van der Waals surface area (Å²) in [5, 5.41) is 3.42. The van der Waals surface area contributed by atoms with Gasteiger partial charge in [-0.2, -0.15) is 0 Å². The van der Waals surface area contributed by atoms with Crippen molar-refractivity contribution < 1.29 is 19.1 Å². The summed E-state index contributed by atoms with van der Waals surface area (Å²) >= 11 is 5.83. The molecule has 1 fully saturated rings. The number of carbonyl (C=O) groups is 2. The molecule has 5 nitrogen and oxygen atoms in total. The molecule has 1 amide bonds. The lowest BCUT2D eigenvalue weighted by molar-refractivity contribution is -0.116. The van der Waals surface area contributed by atoms with Crippen molar-refractivity contribution in [3.05, 3.63) is 58.6 Å². The first kappa shape index (κ1) is 20.4. The van der Waals surface area contributed by atoms with Gasteiger partial charge in [0.2, 0.25) is 5.91 Å². The summed E-state index contributed by atoms with van der Waals surface area (Å²) in [6, 6.07) is 12.3. The Labute approximate surface area is 170 Å². The maximum absolute atomic E-state index is 12.3. The summed E-state index contributed by atoms with van der Waals surface area (Å²) in [5.41, 5.74) is 2.19. The maximum Gasteiger partial charge on any atom is 0.224 e. The smallest absolute Gasteiger partial charge is 0.224 e. The van der Waals surface area contributed by atoms with Gasteiger partial charge in [-0.05, 0) is 61.7 Å². The SMILES string of the molecule is Cc1ccc(NC(=O)CCC(=O)c2ccc(Cl)cc2)c(OCC2CCCO2)c1. The molecule has 1 atom stereocenters. The number of rotatable bonds is 8. The van der Waals surface area contributed by atoms with Crippen molar-refractivity contribution in [1.29, 1.82) is 0 Å². The lowest BCUT2D eigenvalue weighted by Gasteiger charge is -2.16. The highest BCUT2D eigenvalue weighted by Crippen LogP contribution is 2.27. The van der Waals surface area contributed by atoms with Crippen LogP contribution in [0.4, 0.5) is 5.69 Å². The molecule has 0 bridgehead atoms. The van der Waals surface area contributed by atoms with Crippen LogP contribution in [-0.2, 0) is 9.53 Å². The first-order valence-corrected chi connectivity index (χ1v) is 9.83. The van der Waals surface area contributed by atoms with Gasteiger partial charge in [-0.15, -0.1) is 0 Å². The predicted molar refractivity (Wildman–Crippen MR) is 109 cm³/mol. The molecule has 2 aromatic rings. The lowest BCUT2D eigenvalue weighted by atomic mass is 10.1. The minimum Gasteiger partial charge on any atom is -0.489 e. The van der Waals surface area contributed by atoms with Gasteiger partial charge >= 0.3 is 0 Å². The number of amides is 1. The molecule has 2 aromatic carbocycles. The fourth-order valence-electron chi connectivity index (χ4n) is 3.03. The Kier molecular flexibility index (Phi) is 7.06. The minimum atomic E-state index is -0.229. The Bertz CT molecular complexity index is 829. The van der Waals surface area contributed by atoms with E-state index < -0.39 is 0 Å². The van der Waals surface area contributed by atoms with Crippen LogP contribution in [0.25, 0.3) is 0 Å². The van der Waals surface area contributed by atoms with Crippen LogP contribution < -0.4 is 10.1 Å². The second kappa shape index (κ2) is 9.71. The summed E-state index contributed by atoms with van der Waals surface area (Å²) < 4.78 is 11.5. The Morgan fingerprint density at radius 2 is 1.96 bits per heavy atom. The predicted octanol–water partition coefficient (Wildman–Crippen LogP) is 4.81. The van der Waals surface area contributed by atoms with E-state index in [-0.39, 0.29) is 30.6 Å². The first-order chi connectivity index (χ1) is 13.5. The molecule has 6 heteroatoms. The van der Waals surface area contributed by atoms with E-state index in [2.05, 4.69) is 5.32 Å². The van der Waals surface area contributed by atoms with Crippen LogP contribution in [0, 0.1) is 6.92 Å². The number of carbonyl (C=O) groups excluding carboxylic acids is 2. The molecule has 1 N–H and O–H groups in total. The number of anilines is 1. The van der Waals surface area contributed by atoms with Gasteiger partial charge in [-0.3, -0.25) is 9.59 Å². The zero-order valence-corrected chi connectivity index (χ0v) is 16.6. The molecule has 0 radical (unpaired) electrons. The van der Waals surface area contributed by atoms with Crippen molar-refractivity contribution in [1.82, 2.24) is 0 Å². The van der Waals surface area contributed by atoms with Crippen molar-refractivity contribution in [3.63, 3.8) is 0 Å². The topological polar surface area (TPSA) is 64.6 Å². The zero-order valence-electron chi connectivity index (χ0n) is 15.9. The van der Waals surface area contributed by atoms with Gasteiger partial charge in [-0.1, -0.05) is 17.7 Å². The molecule has 0 saturated carbocycles. The number of Topliss-reactive ketones (excluding diaryl/α,β-unsaturated/α-hetero) is 1. The number of hydrogen-bond acceptors (Lipinski definition) is 4. The van der Waals surface area contributed by atoms with Crippen LogP contribution in [0.3, 0.4) is 0 Å². The standard InChI is InChI=1S/C22H24ClNO4/c1-15-4-9-19(21(13-15)28-14-18-3-2-12-27-18)24-22(26)11-10-20(25)16-5-7-17(23)8-6-16/h4-9,13,18H,2-3,10-12,14H2,1H3,(H,24,26). The second-order valence-electron chi connectivity index (χ2n) is 6.92. The second-order valence-corrected chi connectivity index (χ2v) is 7.36. The average Bonchev–Trinajstić information content (AvgIpc) is 3.20. The van der Waals surface area contributed by atoms with E-state index in [1.807, 2.05) is 25.1 Å². The van der Waals surface area contributed by atoms with Crippen LogP contribution in [0.1, 0.15) is 41.6 Å². The van der Waals surface area contributed by atoms with Crippen LogP contribution in [0.2, 0.25) is 5.02 Å². The molecule has 0 aliphatic carbocycles. The summed E-state index contributed by atoms with van der Waals surface area (Å²) in [6.07, 6.45) is 2.36. The molecule has 1 unspecified atom stereocenters. The molecule has 148 valence electrons. The van der Waals surface area contributed by atoms with Crippen molar-refractivity contribution in [3.8, 4) is 5.75 Å². The molecule has 3 rings (SSSR count). The van der Waals surface area contributed by atoms with Gasteiger partial charge in [0.05, 0.1) is 11.8 Å². The minimum absolute atomic E-state index is 0.0921. The summed E-state index contributed by atoms with van der Waals surface area (Å²) in [6.45, 7) is 3.20. The Morgan fingerprint density at radius 3 is 2.68 bits per heavy atom. The van der Waals surface area contributed by atoms with E-state index in [1.165, 1.54) is 0 Å². The van der Waals surface area contributed by atoms with E-state index in [4.69, 9.17) is 21.1 Å². The quantitative estimate of drug-likeness (QED) is 0.645. The van der Waals surface area contributed by atoms with Gasteiger partial charge in [0.1, 0.15) is 12.4 Å². The number of ether oxygens (including phenoxy) is 2. The Balaban J connectivity index is 1.55. The largest absolute Gasteiger partial charge is 0.489 e. The fourth-order valence-corrected chi connectivity index (χ4v) is 3.16. The average molecular weight is 402 g/mol. The highest BCUT2D eigenvalue weighted by molar-refractivity contribution is 6.30. The number of ketones is 1. The third-order valence-corrected chi connectivity index (χ3v) is 4.86. The molecule has 1 saturated heterocycles. The van der Waals surface area contributed by atoms with Crippen molar-refractivity contribution in [2.75, 3.05) is 18.5 Å². The number of aryl methyl sites for hydroxylation is 1. The van der Waals surface area contributed by atoms with Gasteiger partial charge in [-0.25, -0.2) is 0 Å². The third-order valence-electron chi connectivity index (χ3n) is 4.61. The fraction of sp³-hybridized carbons (Fsp3) is 0.364.